The molecule has 0 aromatic carbocycles. The molecule has 0 rings (SSSR count). The summed E-state index contributed by atoms with van der Waals surface area (Å²) in [5.74, 6) is 0. The second-order valence-corrected chi connectivity index (χ2v) is 13.8. The average Bonchev–Trinajstić information content (AvgIpc) is 2.75. The molecule has 0 bridgehead atoms. The van der Waals surface area contributed by atoms with Crippen LogP contribution >= 0.6 is 69.6 Å². The van der Waals surface area contributed by atoms with Gasteiger partial charge in [-0.2, -0.15) is 8.42 Å². The summed E-state index contributed by atoms with van der Waals surface area (Å²) in [6, 6.07) is 0. The van der Waals surface area contributed by atoms with Gasteiger partial charge < -0.3 is 5.11 Å². The summed E-state index contributed by atoms with van der Waals surface area (Å²) in [5.41, 5.74) is 0. The number of halogens is 6. The van der Waals surface area contributed by atoms with Crippen molar-refractivity contribution in [3.05, 3.63) is 0 Å². The van der Waals surface area contributed by atoms with Gasteiger partial charge in [-0.3, -0.25) is 4.55 Å². The van der Waals surface area contributed by atoms with Crippen molar-refractivity contribution in [2.24, 2.45) is 0 Å². The van der Waals surface area contributed by atoms with E-state index in [9.17, 15) is 13.5 Å². The molecule has 0 aliphatic carbocycles. The molecule has 5 unspecified atom stereocenters. The summed E-state index contributed by atoms with van der Waals surface area (Å²) in [6.45, 7) is 1.66. The molecule has 0 saturated carbocycles. The molecule has 0 aliphatic rings. The van der Waals surface area contributed by atoms with Crippen LogP contribution in [0.15, 0.2) is 0 Å². The van der Waals surface area contributed by atoms with Crippen LogP contribution in [0.2, 0.25) is 0 Å². The molecule has 12 heteroatoms. The van der Waals surface area contributed by atoms with Crippen molar-refractivity contribution in [3.63, 3.8) is 0 Å². The van der Waals surface area contributed by atoms with Gasteiger partial charge in [0, 0.05) is 5.38 Å². The van der Waals surface area contributed by atoms with E-state index in [-0.39, 0.29) is 10.8 Å². The minimum atomic E-state index is -4.55. The number of aliphatic hydroxyl groups is 1. The Morgan fingerprint density at radius 1 is 0.824 bits per heavy atom. The van der Waals surface area contributed by atoms with Crippen LogP contribution in [-0.2, 0) is 14.6 Å². The van der Waals surface area contributed by atoms with E-state index < -0.39 is 38.2 Å². The fourth-order valence-electron chi connectivity index (χ4n) is 3.53. The molecule has 206 valence electrons. The summed E-state index contributed by atoms with van der Waals surface area (Å²) in [4.78, 5) is 0. The monoisotopic (exact) mass is 626 g/mol. The first-order valence-corrected chi connectivity index (χ1v) is 15.9. The largest absolute Gasteiger partial charge is 0.397 e. The first-order chi connectivity index (χ1) is 15.8. The number of aliphatic hydroxyl groups excluding tert-OH is 1. The Morgan fingerprint density at radius 2 is 1.35 bits per heavy atom. The zero-order valence-electron chi connectivity index (χ0n) is 19.8. The number of unbranched alkanes of at least 4 members (excludes halogenated alkanes) is 8. The molecule has 0 saturated heterocycles. The van der Waals surface area contributed by atoms with E-state index in [1.54, 1.807) is 0 Å². The van der Waals surface area contributed by atoms with Crippen molar-refractivity contribution in [1.82, 2.24) is 0 Å². The molecule has 0 amide bonds. The smallest absolute Gasteiger partial charge is 0.390 e. The third kappa shape index (κ3) is 19.7. The van der Waals surface area contributed by atoms with E-state index in [1.165, 1.54) is 6.42 Å². The third-order valence-electron chi connectivity index (χ3n) is 5.59. The number of alkyl halides is 6. The lowest BCUT2D eigenvalue weighted by molar-refractivity contribution is 0.156. The predicted octanol–water partition coefficient (Wildman–Crippen LogP) is 8.25. The molecule has 0 fully saturated rings. The first-order valence-electron chi connectivity index (χ1n) is 12.0. The number of hydrogen-bond donors (Lipinski definition) is 2. The molecule has 0 aliphatic heterocycles. The predicted molar refractivity (Wildman–Crippen MR) is 147 cm³/mol. The lowest BCUT2D eigenvalue weighted by atomic mass is 10.00. The minimum absolute atomic E-state index is 0.143. The molecule has 5 nitrogen and oxygen atoms in total. The van der Waals surface area contributed by atoms with Gasteiger partial charge in [0.1, 0.15) is 10.9 Å². The standard InChI is InChI=1S/C22H40Cl6O5S/c1-2-3-4-10-13-18(24)20(26)21(29)19(25)15-17(23)12-9-7-5-6-8-11-14-22(27,28)16-33-34(30,31)32/h17-21,29H,2-16H2,1H3,(H,30,31,32). The Hall–Kier alpha value is 1.57. The molecular formula is C22H40Cl6O5S. The van der Waals surface area contributed by atoms with Crippen LogP contribution in [0.3, 0.4) is 0 Å². The van der Waals surface area contributed by atoms with Crippen LogP contribution in [0, 0.1) is 0 Å². The Bertz CT molecular complexity index is 611. The second kappa shape index (κ2) is 19.6. The van der Waals surface area contributed by atoms with Gasteiger partial charge in [0.05, 0.1) is 22.2 Å². The van der Waals surface area contributed by atoms with Crippen LogP contribution < -0.4 is 0 Å². The van der Waals surface area contributed by atoms with Crippen molar-refractivity contribution < 1.29 is 22.3 Å². The Kier molecular flexibility index (Phi) is 20.5. The Balaban J connectivity index is 3.92. The molecule has 0 heterocycles. The highest BCUT2D eigenvalue weighted by molar-refractivity contribution is 7.80. The lowest BCUT2D eigenvalue weighted by Gasteiger charge is -2.26. The SMILES string of the molecule is CCCCCCC(Cl)C(Cl)C(O)C(Cl)CC(Cl)CCCCCCCCC(Cl)(Cl)COS(=O)(=O)O. The van der Waals surface area contributed by atoms with Gasteiger partial charge in [-0.25, -0.2) is 4.18 Å². The van der Waals surface area contributed by atoms with Crippen LogP contribution in [-0.4, -0.2) is 56.6 Å². The topological polar surface area (TPSA) is 83.8 Å². The fraction of sp³-hybridized carbons (Fsp3) is 1.00. The minimum Gasteiger partial charge on any atom is -0.390 e. The number of hydrogen-bond acceptors (Lipinski definition) is 4. The summed E-state index contributed by atoms with van der Waals surface area (Å²) in [7, 11) is -4.55. The van der Waals surface area contributed by atoms with Crippen LogP contribution in [0.1, 0.15) is 96.8 Å². The third-order valence-corrected chi connectivity index (χ3v) is 8.61. The van der Waals surface area contributed by atoms with Crippen molar-refractivity contribution in [1.29, 1.82) is 0 Å². The van der Waals surface area contributed by atoms with Gasteiger partial charge in [0.25, 0.3) is 0 Å². The van der Waals surface area contributed by atoms with Gasteiger partial charge in [-0.15, -0.1) is 46.4 Å². The van der Waals surface area contributed by atoms with E-state index in [1.807, 2.05) is 0 Å². The summed E-state index contributed by atoms with van der Waals surface area (Å²) in [5, 5.41) is 8.85. The quantitative estimate of drug-likeness (QED) is 0.0716. The number of rotatable bonds is 22. The molecule has 0 spiro atoms. The maximum absolute atomic E-state index is 10.6. The van der Waals surface area contributed by atoms with Crippen molar-refractivity contribution in [2.45, 2.75) is 129 Å². The molecule has 0 radical (unpaired) electrons. The summed E-state index contributed by atoms with van der Waals surface area (Å²) in [6.07, 6.45) is 11.5. The molecule has 2 N–H and O–H groups in total. The zero-order chi connectivity index (χ0) is 26.2. The first kappa shape index (κ1) is 35.6. The molecule has 34 heavy (non-hydrogen) atoms. The zero-order valence-corrected chi connectivity index (χ0v) is 25.1. The van der Waals surface area contributed by atoms with Crippen molar-refractivity contribution in [3.8, 4) is 0 Å². The Morgan fingerprint density at radius 3 is 1.94 bits per heavy atom. The van der Waals surface area contributed by atoms with E-state index in [2.05, 4.69) is 11.1 Å². The van der Waals surface area contributed by atoms with Crippen molar-refractivity contribution >= 4 is 80.0 Å². The Labute approximate surface area is 236 Å². The van der Waals surface area contributed by atoms with Crippen LogP contribution in [0.4, 0.5) is 0 Å². The lowest BCUT2D eigenvalue weighted by Crippen LogP contribution is -2.37. The highest BCUT2D eigenvalue weighted by Crippen LogP contribution is 2.30. The van der Waals surface area contributed by atoms with Crippen LogP contribution in [0.5, 0.6) is 0 Å². The summed E-state index contributed by atoms with van der Waals surface area (Å²) < 4.78 is 32.6. The molecule has 5 atom stereocenters. The van der Waals surface area contributed by atoms with E-state index in [4.69, 9.17) is 74.2 Å². The molecular weight excluding hydrogens is 589 g/mol. The second-order valence-electron chi connectivity index (χ2n) is 8.86. The van der Waals surface area contributed by atoms with Gasteiger partial charge in [0.2, 0.25) is 0 Å². The van der Waals surface area contributed by atoms with E-state index in [0.717, 1.165) is 64.2 Å². The highest BCUT2D eigenvalue weighted by Gasteiger charge is 2.31. The molecule has 0 aromatic heterocycles. The normalized spacial score (nSPS) is 17.3. The van der Waals surface area contributed by atoms with Crippen molar-refractivity contribution in [2.75, 3.05) is 6.61 Å². The van der Waals surface area contributed by atoms with Gasteiger partial charge in [-0.1, -0.05) is 94.3 Å². The van der Waals surface area contributed by atoms with Gasteiger partial charge >= 0.3 is 10.4 Å². The van der Waals surface area contributed by atoms with Gasteiger partial charge in [-0.05, 0) is 25.7 Å². The maximum atomic E-state index is 10.6. The van der Waals surface area contributed by atoms with Crippen LogP contribution in [0.25, 0.3) is 0 Å². The van der Waals surface area contributed by atoms with E-state index in [0.29, 0.717) is 19.3 Å². The molecule has 0 aromatic rings. The highest BCUT2D eigenvalue weighted by atomic mass is 35.5. The maximum Gasteiger partial charge on any atom is 0.397 e. The van der Waals surface area contributed by atoms with Gasteiger partial charge in [0.15, 0.2) is 0 Å². The fourth-order valence-corrected chi connectivity index (χ4v) is 5.87. The average molecular weight is 629 g/mol. The summed E-state index contributed by atoms with van der Waals surface area (Å²) >= 11 is 37.5. The van der Waals surface area contributed by atoms with E-state index >= 15 is 0 Å².